The molecule has 1 aromatic carbocycles. The first-order valence-electron chi connectivity index (χ1n) is 7.30. The van der Waals surface area contributed by atoms with Crippen LogP contribution in [0.1, 0.15) is 25.3 Å². The largest absolute Gasteiger partial charge is 0.508 e. The molecule has 1 aliphatic rings. The molecule has 0 spiro atoms. The van der Waals surface area contributed by atoms with Gasteiger partial charge in [-0.1, -0.05) is 32.0 Å². The molecule has 2 atom stereocenters. The van der Waals surface area contributed by atoms with E-state index >= 15 is 0 Å². The lowest BCUT2D eigenvalue weighted by Gasteiger charge is -2.19. The number of phenols is 1. The molecule has 0 radical (unpaired) electrons. The third-order valence-electron chi connectivity index (χ3n) is 3.97. The second kappa shape index (κ2) is 6.66. The van der Waals surface area contributed by atoms with Crippen molar-refractivity contribution in [2.75, 3.05) is 20.2 Å². The molecule has 4 heteroatoms. The van der Waals surface area contributed by atoms with Crippen molar-refractivity contribution in [1.29, 1.82) is 0 Å². The van der Waals surface area contributed by atoms with Gasteiger partial charge in [-0.15, -0.1) is 0 Å². The van der Waals surface area contributed by atoms with Crippen LogP contribution in [0.15, 0.2) is 36.6 Å². The van der Waals surface area contributed by atoms with Gasteiger partial charge in [0.15, 0.2) is 0 Å². The van der Waals surface area contributed by atoms with Gasteiger partial charge in [0.1, 0.15) is 5.75 Å². The SMILES string of the molecule is COC=CC1CN(C(=O)C(C)C)CC1c1ccccc1O. The van der Waals surface area contributed by atoms with Crippen LogP contribution in [0.5, 0.6) is 5.75 Å². The number of benzene rings is 1. The molecule has 21 heavy (non-hydrogen) atoms. The minimum absolute atomic E-state index is 0.0137. The molecule has 2 unspecified atom stereocenters. The first-order valence-corrected chi connectivity index (χ1v) is 7.30. The molecule has 1 heterocycles. The molecule has 4 nitrogen and oxygen atoms in total. The first kappa shape index (κ1) is 15.4. The highest BCUT2D eigenvalue weighted by molar-refractivity contribution is 5.78. The van der Waals surface area contributed by atoms with Crippen LogP contribution >= 0.6 is 0 Å². The minimum Gasteiger partial charge on any atom is -0.508 e. The molecular weight excluding hydrogens is 266 g/mol. The van der Waals surface area contributed by atoms with Crippen molar-refractivity contribution in [2.45, 2.75) is 19.8 Å². The highest BCUT2D eigenvalue weighted by Gasteiger charge is 2.36. The number of ether oxygens (including phenoxy) is 1. The summed E-state index contributed by atoms with van der Waals surface area (Å²) in [7, 11) is 1.61. The molecule has 0 aromatic heterocycles. The fraction of sp³-hybridized carbons (Fsp3) is 0.471. The Labute approximate surface area is 126 Å². The number of rotatable bonds is 4. The Kier molecular flexibility index (Phi) is 4.89. The lowest BCUT2D eigenvalue weighted by atomic mass is 9.88. The summed E-state index contributed by atoms with van der Waals surface area (Å²) in [5.74, 6) is 0.683. The maximum Gasteiger partial charge on any atom is 0.225 e. The Bertz CT molecular complexity index is 525. The van der Waals surface area contributed by atoms with Crippen molar-refractivity contribution in [1.82, 2.24) is 4.90 Å². The van der Waals surface area contributed by atoms with Gasteiger partial charge in [-0.3, -0.25) is 4.79 Å². The van der Waals surface area contributed by atoms with Crippen molar-refractivity contribution in [3.8, 4) is 5.75 Å². The molecule has 1 saturated heterocycles. The molecule has 0 saturated carbocycles. The zero-order valence-electron chi connectivity index (χ0n) is 12.8. The number of hydrogen-bond acceptors (Lipinski definition) is 3. The number of aromatic hydroxyl groups is 1. The van der Waals surface area contributed by atoms with Crippen LogP contribution in [-0.4, -0.2) is 36.1 Å². The Morgan fingerprint density at radius 1 is 1.38 bits per heavy atom. The van der Waals surface area contributed by atoms with Gasteiger partial charge >= 0.3 is 0 Å². The van der Waals surface area contributed by atoms with Gasteiger partial charge in [0.25, 0.3) is 0 Å². The van der Waals surface area contributed by atoms with Crippen LogP contribution in [0.3, 0.4) is 0 Å². The van der Waals surface area contributed by atoms with Crippen LogP contribution in [0.4, 0.5) is 0 Å². The fourth-order valence-electron chi connectivity index (χ4n) is 2.88. The van der Waals surface area contributed by atoms with Crippen LogP contribution in [0, 0.1) is 11.8 Å². The molecule has 1 amide bonds. The normalized spacial score (nSPS) is 22.2. The number of nitrogens with zero attached hydrogens (tertiary/aromatic N) is 1. The predicted molar refractivity (Wildman–Crippen MR) is 81.9 cm³/mol. The molecule has 1 N–H and O–H groups in total. The average molecular weight is 289 g/mol. The molecule has 2 rings (SSSR count). The Morgan fingerprint density at radius 3 is 2.71 bits per heavy atom. The third kappa shape index (κ3) is 3.38. The quantitative estimate of drug-likeness (QED) is 0.867. The van der Waals surface area contributed by atoms with Crippen molar-refractivity contribution in [2.24, 2.45) is 11.8 Å². The van der Waals surface area contributed by atoms with E-state index in [4.69, 9.17) is 4.74 Å². The fourth-order valence-corrected chi connectivity index (χ4v) is 2.88. The highest BCUT2D eigenvalue weighted by atomic mass is 16.5. The van der Waals surface area contributed by atoms with Gasteiger partial charge in [-0.05, 0) is 17.7 Å². The van der Waals surface area contributed by atoms with Crippen LogP contribution in [0.2, 0.25) is 0 Å². The van der Waals surface area contributed by atoms with E-state index in [1.807, 2.05) is 43.0 Å². The van der Waals surface area contributed by atoms with E-state index in [0.717, 1.165) is 5.56 Å². The van der Waals surface area contributed by atoms with Crippen molar-refractivity contribution < 1.29 is 14.6 Å². The lowest BCUT2D eigenvalue weighted by molar-refractivity contribution is -0.133. The molecule has 1 aliphatic heterocycles. The summed E-state index contributed by atoms with van der Waals surface area (Å²) in [6, 6.07) is 7.35. The van der Waals surface area contributed by atoms with Crippen LogP contribution < -0.4 is 0 Å². The number of phenolic OH excluding ortho intramolecular Hbond substituents is 1. The van der Waals surface area contributed by atoms with E-state index in [0.29, 0.717) is 13.1 Å². The number of para-hydroxylation sites is 1. The van der Waals surface area contributed by atoms with E-state index in [9.17, 15) is 9.90 Å². The summed E-state index contributed by atoms with van der Waals surface area (Å²) in [6.07, 6.45) is 3.63. The molecule has 0 bridgehead atoms. The number of likely N-dealkylation sites (tertiary alicyclic amines) is 1. The lowest BCUT2D eigenvalue weighted by Crippen LogP contribution is -2.32. The molecule has 0 aliphatic carbocycles. The summed E-state index contributed by atoms with van der Waals surface area (Å²) < 4.78 is 5.01. The van der Waals surface area contributed by atoms with E-state index < -0.39 is 0 Å². The number of amides is 1. The molecular formula is C17H23NO3. The van der Waals surface area contributed by atoms with Crippen LogP contribution in [-0.2, 0) is 9.53 Å². The van der Waals surface area contributed by atoms with Crippen molar-refractivity contribution >= 4 is 5.91 Å². The zero-order chi connectivity index (χ0) is 15.4. The van der Waals surface area contributed by atoms with Gasteiger partial charge in [-0.25, -0.2) is 0 Å². The summed E-state index contributed by atoms with van der Waals surface area (Å²) >= 11 is 0. The summed E-state index contributed by atoms with van der Waals surface area (Å²) in [5, 5.41) is 10.1. The first-order chi connectivity index (χ1) is 10.0. The number of carbonyl (C=O) groups is 1. The zero-order valence-corrected chi connectivity index (χ0v) is 12.8. The molecule has 1 fully saturated rings. The smallest absolute Gasteiger partial charge is 0.225 e. The topological polar surface area (TPSA) is 49.8 Å². The second-order valence-electron chi connectivity index (χ2n) is 5.79. The van der Waals surface area contributed by atoms with Crippen LogP contribution in [0.25, 0.3) is 0 Å². The summed E-state index contributed by atoms with van der Waals surface area (Å²) in [6.45, 7) is 5.12. The Balaban J connectivity index is 2.26. The predicted octanol–water partition coefficient (Wildman–Crippen LogP) is 2.75. The minimum atomic E-state index is -0.0137. The third-order valence-corrected chi connectivity index (χ3v) is 3.97. The van der Waals surface area contributed by atoms with Gasteiger partial charge in [0, 0.05) is 30.8 Å². The summed E-state index contributed by atoms with van der Waals surface area (Å²) in [5.41, 5.74) is 0.891. The van der Waals surface area contributed by atoms with Gasteiger partial charge in [-0.2, -0.15) is 0 Å². The number of carbonyl (C=O) groups excluding carboxylic acids is 1. The van der Waals surface area contributed by atoms with E-state index in [1.54, 1.807) is 19.4 Å². The highest BCUT2D eigenvalue weighted by Crippen LogP contribution is 2.38. The van der Waals surface area contributed by atoms with Crippen molar-refractivity contribution in [3.05, 3.63) is 42.2 Å². The number of methoxy groups -OCH3 is 1. The van der Waals surface area contributed by atoms with Gasteiger partial charge < -0.3 is 14.7 Å². The standard InChI is InChI=1S/C17H23NO3/c1-12(2)17(20)18-10-13(8-9-21-3)15(11-18)14-6-4-5-7-16(14)19/h4-9,12-13,15,19H,10-11H2,1-3H3. The maximum absolute atomic E-state index is 12.2. The van der Waals surface area contributed by atoms with Gasteiger partial charge in [0.2, 0.25) is 5.91 Å². The Morgan fingerprint density at radius 2 is 2.10 bits per heavy atom. The molecule has 1 aromatic rings. The number of hydrogen-bond donors (Lipinski definition) is 1. The monoisotopic (exact) mass is 289 g/mol. The Hall–Kier alpha value is -1.97. The summed E-state index contributed by atoms with van der Waals surface area (Å²) in [4.78, 5) is 14.1. The van der Waals surface area contributed by atoms with E-state index in [2.05, 4.69) is 0 Å². The average Bonchev–Trinajstić information content (AvgIpc) is 2.88. The molecule has 114 valence electrons. The van der Waals surface area contributed by atoms with Crippen molar-refractivity contribution in [3.63, 3.8) is 0 Å². The maximum atomic E-state index is 12.2. The van der Waals surface area contributed by atoms with Gasteiger partial charge in [0.05, 0.1) is 13.4 Å². The second-order valence-corrected chi connectivity index (χ2v) is 5.79. The van der Waals surface area contributed by atoms with E-state index in [1.165, 1.54) is 0 Å². The van der Waals surface area contributed by atoms with E-state index in [-0.39, 0.29) is 29.4 Å².